The van der Waals surface area contributed by atoms with Crippen LogP contribution in [0.1, 0.15) is 52.9 Å². The van der Waals surface area contributed by atoms with E-state index in [4.69, 9.17) is 4.18 Å². The van der Waals surface area contributed by atoms with E-state index in [1.165, 1.54) is 0 Å². The molecule has 1 N–H and O–H groups in total. The smallest absolute Gasteiger partial charge is 0.235 e. The summed E-state index contributed by atoms with van der Waals surface area (Å²) in [6, 6.07) is 0. The van der Waals surface area contributed by atoms with E-state index in [2.05, 4.69) is 18.2 Å². The monoisotopic (exact) mass is 271 g/mol. The van der Waals surface area contributed by atoms with E-state index in [0.29, 0.717) is 5.92 Å². The maximum absolute atomic E-state index is 11.6. The van der Waals surface area contributed by atoms with E-state index in [1.54, 1.807) is 0 Å². The van der Waals surface area contributed by atoms with Crippen molar-refractivity contribution in [3.05, 3.63) is 12.7 Å². The van der Waals surface area contributed by atoms with E-state index in [1.807, 2.05) is 19.9 Å². The van der Waals surface area contributed by atoms with Gasteiger partial charge in [-0.15, -0.1) is 6.58 Å². The van der Waals surface area contributed by atoms with E-state index in [-0.39, 0.29) is 17.4 Å². The summed E-state index contributed by atoms with van der Waals surface area (Å²) in [5.74, 6) is 0.600. The van der Waals surface area contributed by atoms with Crippen molar-refractivity contribution in [2.45, 2.75) is 58.5 Å². The van der Waals surface area contributed by atoms with Crippen molar-refractivity contribution in [3.8, 4) is 0 Å². The van der Waals surface area contributed by atoms with Crippen LogP contribution in [0.5, 0.6) is 0 Å². The predicted octanol–water partition coefficient (Wildman–Crippen LogP) is 3.86. The number of hydrogen-bond acceptors (Lipinski definition) is 3. The van der Waals surface area contributed by atoms with Crippen molar-refractivity contribution >= 4 is 18.1 Å². The highest BCUT2D eigenvalue weighted by molar-refractivity contribution is 7.93. The van der Waals surface area contributed by atoms with Crippen molar-refractivity contribution in [1.29, 1.82) is 0 Å². The zero-order valence-electron chi connectivity index (χ0n) is 11.7. The summed E-state index contributed by atoms with van der Waals surface area (Å²) < 4.78 is 8.43. The Labute approximate surface area is 115 Å². The van der Waals surface area contributed by atoms with Crippen LogP contribution in [0.4, 0.5) is 0 Å². The molecular formula is C14H25NO2S. The largest absolute Gasteiger partial charge is 0.290 e. The maximum atomic E-state index is 11.6. The first kappa shape index (κ1) is 15.6. The molecule has 0 bridgehead atoms. The van der Waals surface area contributed by atoms with Gasteiger partial charge in [-0.2, -0.15) is 0 Å². The summed E-state index contributed by atoms with van der Waals surface area (Å²) in [5.41, 5.74) is 0.0636. The molecule has 2 atom stereocenters. The fraction of sp³-hybridized carbons (Fsp3) is 0.786. The van der Waals surface area contributed by atoms with Crippen molar-refractivity contribution < 1.29 is 8.98 Å². The first-order chi connectivity index (χ1) is 8.71. The van der Waals surface area contributed by atoms with Crippen LogP contribution >= 0.6 is 12.2 Å². The Morgan fingerprint density at radius 3 is 2.67 bits per heavy atom. The third-order valence-corrected chi connectivity index (χ3v) is 4.07. The van der Waals surface area contributed by atoms with Gasteiger partial charge in [-0.1, -0.05) is 33.3 Å². The summed E-state index contributed by atoms with van der Waals surface area (Å²) >= 11 is 1.12. The number of rotatable bonds is 7. The van der Waals surface area contributed by atoms with Gasteiger partial charge >= 0.3 is 0 Å². The number of amides is 1. The molecule has 0 spiro atoms. The fourth-order valence-electron chi connectivity index (χ4n) is 1.97. The number of nitrogens with one attached hydrogen (secondary N) is 1. The lowest BCUT2D eigenvalue weighted by Gasteiger charge is -2.13. The van der Waals surface area contributed by atoms with E-state index in [9.17, 15) is 4.79 Å². The van der Waals surface area contributed by atoms with Crippen LogP contribution in [0, 0.1) is 11.8 Å². The molecule has 2 saturated carbocycles. The van der Waals surface area contributed by atoms with Crippen LogP contribution in [-0.4, -0.2) is 11.5 Å². The van der Waals surface area contributed by atoms with Crippen LogP contribution < -0.4 is 4.72 Å². The Morgan fingerprint density at radius 2 is 2.22 bits per heavy atom. The van der Waals surface area contributed by atoms with Crippen LogP contribution in [-0.2, 0) is 8.98 Å². The van der Waals surface area contributed by atoms with E-state index < -0.39 is 0 Å². The molecule has 2 aliphatic carbocycles. The molecule has 2 fully saturated rings. The van der Waals surface area contributed by atoms with Crippen LogP contribution in [0.3, 0.4) is 0 Å². The van der Waals surface area contributed by atoms with Gasteiger partial charge in [-0.05, 0) is 31.6 Å². The second kappa shape index (κ2) is 7.19. The molecule has 0 aromatic carbocycles. The predicted molar refractivity (Wildman–Crippen MR) is 76.8 cm³/mol. The Hall–Kier alpha value is -0.480. The lowest BCUT2D eigenvalue weighted by atomic mass is 10.2. The van der Waals surface area contributed by atoms with Gasteiger partial charge in [0.2, 0.25) is 5.91 Å². The van der Waals surface area contributed by atoms with Gasteiger partial charge in [0.25, 0.3) is 0 Å². The maximum Gasteiger partial charge on any atom is 0.235 e. The summed E-state index contributed by atoms with van der Waals surface area (Å²) in [5, 5.41) is 0. The lowest BCUT2D eigenvalue weighted by molar-refractivity contribution is -0.120. The highest BCUT2D eigenvalue weighted by Gasteiger charge is 2.45. The van der Waals surface area contributed by atoms with Gasteiger partial charge < -0.3 is 0 Å². The fourth-order valence-corrected chi connectivity index (χ4v) is 2.67. The Morgan fingerprint density at radius 1 is 1.56 bits per heavy atom. The molecule has 1 amide bonds. The van der Waals surface area contributed by atoms with Crippen molar-refractivity contribution in [3.63, 3.8) is 0 Å². The SMILES string of the molecule is C=C[C@@H]1C[C@@H]1C(=O)NSOC1(CCC)CC1.CC. The van der Waals surface area contributed by atoms with Crippen LogP contribution in [0.2, 0.25) is 0 Å². The molecule has 104 valence electrons. The summed E-state index contributed by atoms with van der Waals surface area (Å²) in [6.45, 7) is 9.85. The molecule has 18 heavy (non-hydrogen) atoms. The molecule has 0 heterocycles. The third kappa shape index (κ3) is 4.32. The normalized spacial score (nSPS) is 26.6. The minimum atomic E-state index is 0.0636. The number of hydrogen-bond donors (Lipinski definition) is 1. The molecule has 2 aliphatic rings. The Balaban J connectivity index is 0.000000771. The van der Waals surface area contributed by atoms with Gasteiger partial charge in [-0.25, -0.2) is 0 Å². The molecule has 0 aromatic heterocycles. The molecule has 4 heteroatoms. The third-order valence-electron chi connectivity index (χ3n) is 3.35. The molecule has 0 aromatic rings. The van der Waals surface area contributed by atoms with Gasteiger partial charge in [-0.3, -0.25) is 13.7 Å². The van der Waals surface area contributed by atoms with Gasteiger partial charge in [0.15, 0.2) is 0 Å². The topological polar surface area (TPSA) is 38.3 Å². The molecule has 0 unspecified atom stereocenters. The highest BCUT2D eigenvalue weighted by atomic mass is 32.2. The Kier molecular flexibility index (Phi) is 6.22. The second-order valence-corrected chi connectivity index (χ2v) is 5.35. The van der Waals surface area contributed by atoms with Crippen molar-refractivity contribution in [2.24, 2.45) is 11.8 Å². The number of carbonyl (C=O) groups is 1. The van der Waals surface area contributed by atoms with Crippen molar-refractivity contribution in [1.82, 2.24) is 4.72 Å². The minimum absolute atomic E-state index is 0.0636. The van der Waals surface area contributed by atoms with Gasteiger partial charge in [0.05, 0.1) is 5.60 Å². The van der Waals surface area contributed by atoms with Gasteiger partial charge in [0, 0.05) is 5.92 Å². The molecule has 0 radical (unpaired) electrons. The first-order valence-corrected chi connectivity index (χ1v) is 7.72. The molecule has 0 saturated heterocycles. The summed E-state index contributed by atoms with van der Waals surface area (Å²) in [7, 11) is 0. The highest BCUT2D eigenvalue weighted by Crippen LogP contribution is 2.46. The first-order valence-electron chi connectivity index (χ1n) is 6.98. The quantitative estimate of drug-likeness (QED) is 0.434. The molecular weight excluding hydrogens is 246 g/mol. The average molecular weight is 271 g/mol. The van der Waals surface area contributed by atoms with Crippen LogP contribution in [0.25, 0.3) is 0 Å². The number of carbonyl (C=O) groups excluding carboxylic acids is 1. The van der Waals surface area contributed by atoms with Crippen molar-refractivity contribution in [2.75, 3.05) is 0 Å². The van der Waals surface area contributed by atoms with Gasteiger partial charge in [0.1, 0.15) is 12.2 Å². The standard InChI is InChI=1S/C12H19NO2S.C2H6/c1-3-5-12(6-7-12)15-16-13-11(14)10-8-9(10)4-2;1-2/h4,9-10H,2-3,5-8H2,1H3,(H,13,14);1-2H3/t9-,10+;/m1./s1. The summed E-state index contributed by atoms with van der Waals surface area (Å²) in [6.07, 6.45) is 7.28. The summed E-state index contributed by atoms with van der Waals surface area (Å²) in [4.78, 5) is 11.6. The molecule has 0 aliphatic heterocycles. The minimum Gasteiger partial charge on any atom is -0.290 e. The second-order valence-electron chi connectivity index (χ2n) is 4.81. The van der Waals surface area contributed by atoms with E-state index in [0.717, 1.165) is 44.3 Å². The number of allylic oxidation sites excluding steroid dienone is 1. The molecule has 2 rings (SSSR count). The van der Waals surface area contributed by atoms with Crippen LogP contribution in [0.15, 0.2) is 12.7 Å². The zero-order chi connectivity index (χ0) is 13.6. The lowest BCUT2D eigenvalue weighted by Crippen LogP contribution is -2.21. The average Bonchev–Trinajstić information content (AvgIpc) is 3.26. The Bertz CT molecular complexity index is 290. The van der Waals surface area contributed by atoms with E-state index >= 15 is 0 Å². The molecule has 3 nitrogen and oxygen atoms in total. The zero-order valence-corrected chi connectivity index (χ0v) is 12.5.